The molecule has 0 N–H and O–H groups in total. The van der Waals surface area contributed by atoms with E-state index in [4.69, 9.17) is 0 Å². The van der Waals surface area contributed by atoms with Crippen LogP contribution in [0.4, 0.5) is 0 Å². The van der Waals surface area contributed by atoms with Crippen LogP contribution in [-0.4, -0.2) is 28.0 Å². The van der Waals surface area contributed by atoms with Gasteiger partial charge in [-0.1, -0.05) is 26.8 Å². The third-order valence-electron chi connectivity index (χ3n) is 4.56. The molecule has 3 rings (SSSR count). The predicted molar refractivity (Wildman–Crippen MR) is 94.5 cm³/mol. The van der Waals surface area contributed by atoms with Gasteiger partial charge in [0.05, 0.1) is 11.3 Å². The molecule has 124 valence electrons. The summed E-state index contributed by atoms with van der Waals surface area (Å²) in [4.78, 5) is 11.5. The maximum atomic E-state index is 9.45. The molecule has 1 unspecified atom stereocenters. The lowest BCUT2D eigenvalue weighted by atomic mass is 9.88. The second-order valence-electron chi connectivity index (χ2n) is 7.58. The topological polar surface area (TPSA) is 52.8 Å². The van der Waals surface area contributed by atoms with Crippen LogP contribution < -0.4 is 0 Å². The van der Waals surface area contributed by atoms with Crippen molar-refractivity contribution in [2.75, 3.05) is 13.1 Å². The lowest BCUT2D eigenvalue weighted by molar-refractivity contribution is 0.325. The first-order valence-corrected chi connectivity index (χ1v) is 8.50. The summed E-state index contributed by atoms with van der Waals surface area (Å²) in [5.74, 6) is 0.503. The number of likely N-dealkylation sites (tertiary alicyclic amines) is 1. The van der Waals surface area contributed by atoms with Gasteiger partial charge in [-0.15, -0.1) is 0 Å². The molecule has 4 heteroatoms. The van der Waals surface area contributed by atoms with Crippen molar-refractivity contribution >= 4 is 0 Å². The van der Waals surface area contributed by atoms with Crippen molar-refractivity contribution in [3.8, 4) is 6.07 Å². The maximum absolute atomic E-state index is 9.45. The molecule has 0 saturated carbocycles. The molecule has 0 radical (unpaired) electrons. The fraction of sp³-hybridized carbons (Fsp3) is 0.450. The van der Waals surface area contributed by atoms with Gasteiger partial charge in [0.25, 0.3) is 0 Å². The van der Waals surface area contributed by atoms with E-state index < -0.39 is 0 Å². The maximum Gasteiger partial charge on any atom is 0.101 e. The van der Waals surface area contributed by atoms with Crippen molar-refractivity contribution in [3.63, 3.8) is 0 Å². The molecule has 1 fully saturated rings. The van der Waals surface area contributed by atoms with E-state index in [1.165, 1.54) is 5.69 Å². The summed E-state index contributed by atoms with van der Waals surface area (Å²) in [7, 11) is 0. The van der Waals surface area contributed by atoms with Crippen molar-refractivity contribution < 1.29 is 0 Å². The second-order valence-corrected chi connectivity index (χ2v) is 7.58. The van der Waals surface area contributed by atoms with E-state index in [-0.39, 0.29) is 5.41 Å². The predicted octanol–water partition coefficient (Wildman–Crippen LogP) is 3.64. The smallest absolute Gasteiger partial charge is 0.101 e. The molecule has 0 spiro atoms. The fourth-order valence-corrected chi connectivity index (χ4v) is 3.37. The first kappa shape index (κ1) is 16.6. The monoisotopic (exact) mass is 320 g/mol. The van der Waals surface area contributed by atoms with Gasteiger partial charge in [0.1, 0.15) is 6.07 Å². The molecule has 0 aromatic carbocycles. The zero-order valence-corrected chi connectivity index (χ0v) is 14.7. The van der Waals surface area contributed by atoms with Crippen molar-refractivity contribution in [3.05, 3.63) is 59.2 Å². The molecule has 2 aromatic rings. The number of rotatable bonds is 3. The largest absolute Gasteiger partial charge is 0.298 e. The summed E-state index contributed by atoms with van der Waals surface area (Å²) in [5.41, 5.74) is 3.75. The molecule has 1 atom stereocenters. The number of hydrogen-bond donors (Lipinski definition) is 0. The van der Waals surface area contributed by atoms with Crippen molar-refractivity contribution in [2.45, 2.75) is 45.1 Å². The van der Waals surface area contributed by atoms with Crippen LogP contribution >= 0.6 is 0 Å². The normalized spacial score (nSPS) is 18.5. The van der Waals surface area contributed by atoms with Crippen LogP contribution in [0.15, 0.2) is 36.7 Å². The van der Waals surface area contributed by atoms with Crippen LogP contribution in [0.25, 0.3) is 0 Å². The van der Waals surface area contributed by atoms with Gasteiger partial charge in [0.15, 0.2) is 0 Å². The number of nitriles is 1. The highest BCUT2D eigenvalue weighted by Gasteiger charge is 2.25. The SMILES string of the molecule is CC(C)(C)c1ncc(CN2CCC(c3ccccn3)C2)cc1C#N. The Hall–Kier alpha value is -2.25. The molecule has 4 nitrogen and oxygen atoms in total. The summed E-state index contributed by atoms with van der Waals surface area (Å²) in [6.07, 6.45) is 4.93. The first-order chi connectivity index (χ1) is 11.5. The van der Waals surface area contributed by atoms with E-state index in [9.17, 15) is 5.26 Å². The molecule has 24 heavy (non-hydrogen) atoms. The molecule has 0 amide bonds. The van der Waals surface area contributed by atoms with Crippen molar-refractivity contribution in [1.82, 2.24) is 14.9 Å². The van der Waals surface area contributed by atoms with Gasteiger partial charge in [-0.3, -0.25) is 14.9 Å². The van der Waals surface area contributed by atoms with E-state index in [1.807, 2.05) is 24.5 Å². The molecule has 0 bridgehead atoms. The summed E-state index contributed by atoms with van der Waals surface area (Å²) in [5, 5.41) is 9.45. The highest BCUT2D eigenvalue weighted by Crippen LogP contribution is 2.28. The van der Waals surface area contributed by atoms with Crippen LogP contribution in [0, 0.1) is 11.3 Å². The molecule has 1 aliphatic heterocycles. The summed E-state index contributed by atoms with van der Waals surface area (Å²) >= 11 is 0. The van der Waals surface area contributed by atoms with Gasteiger partial charge in [0, 0.05) is 42.5 Å². The molecular formula is C20H24N4. The standard InChI is InChI=1S/C20H24N4/c1-20(2,3)19-17(11-21)10-15(12-23-19)13-24-9-7-16(14-24)18-6-4-5-8-22-18/h4-6,8,10,12,16H,7,9,13-14H2,1-3H3. The van der Waals surface area contributed by atoms with Crippen LogP contribution in [-0.2, 0) is 12.0 Å². The Labute approximate surface area is 144 Å². The molecule has 1 aliphatic rings. The van der Waals surface area contributed by atoms with Gasteiger partial charge in [-0.05, 0) is 36.7 Å². The molecule has 2 aromatic heterocycles. The molecule has 0 aliphatic carbocycles. The van der Waals surface area contributed by atoms with E-state index >= 15 is 0 Å². The third-order valence-corrected chi connectivity index (χ3v) is 4.56. The van der Waals surface area contributed by atoms with Gasteiger partial charge in [-0.25, -0.2) is 0 Å². The van der Waals surface area contributed by atoms with E-state index in [1.54, 1.807) is 0 Å². The highest BCUT2D eigenvalue weighted by atomic mass is 15.1. The van der Waals surface area contributed by atoms with E-state index in [0.29, 0.717) is 11.5 Å². The minimum Gasteiger partial charge on any atom is -0.298 e. The lowest BCUT2D eigenvalue weighted by Crippen LogP contribution is -2.21. The lowest BCUT2D eigenvalue weighted by Gasteiger charge is -2.21. The van der Waals surface area contributed by atoms with Crippen LogP contribution in [0.1, 0.15) is 55.6 Å². The number of aromatic nitrogens is 2. The first-order valence-electron chi connectivity index (χ1n) is 8.50. The Balaban J connectivity index is 1.70. The van der Waals surface area contributed by atoms with Gasteiger partial charge in [-0.2, -0.15) is 5.26 Å². The molecular weight excluding hydrogens is 296 g/mol. The third kappa shape index (κ3) is 3.63. The van der Waals surface area contributed by atoms with Gasteiger partial charge < -0.3 is 0 Å². The Morgan fingerprint density at radius 1 is 1.29 bits per heavy atom. The van der Waals surface area contributed by atoms with Crippen LogP contribution in [0.5, 0.6) is 0 Å². The molecule has 1 saturated heterocycles. The Kier molecular flexibility index (Phi) is 4.64. The minimum atomic E-state index is -0.110. The minimum absolute atomic E-state index is 0.110. The Bertz CT molecular complexity index is 740. The van der Waals surface area contributed by atoms with Crippen LogP contribution in [0.3, 0.4) is 0 Å². The quantitative estimate of drug-likeness (QED) is 0.866. The van der Waals surface area contributed by atoms with Crippen molar-refractivity contribution in [2.24, 2.45) is 0 Å². The fourth-order valence-electron chi connectivity index (χ4n) is 3.37. The second kappa shape index (κ2) is 6.70. The Morgan fingerprint density at radius 2 is 2.12 bits per heavy atom. The zero-order chi connectivity index (χ0) is 17.2. The van der Waals surface area contributed by atoms with Gasteiger partial charge >= 0.3 is 0 Å². The number of hydrogen-bond acceptors (Lipinski definition) is 4. The Morgan fingerprint density at radius 3 is 2.79 bits per heavy atom. The van der Waals surface area contributed by atoms with Gasteiger partial charge in [0.2, 0.25) is 0 Å². The molecule has 3 heterocycles. The summed E-state index contributed by atoms with van der Waals surface area (Å²) < 4.78 is 0. The highest BCUT2D eigenvalue weighted by molar-refractivity contribution is 5.39. The zero-order valence-electron chi connectivity index (χ0n) is 14.7. The number of pyridine rings is 2. The number of nitrogens with zero attached hydrogens (tertiary/aromatic N) is 4. The van der Waals surface area contributed by atoms with E-state index in [2.05, 4.69) is 53.8 Å². The summed E-state index contributed by atoms with van der Waals surface area (Å²) in [6, 6.07) is 10.4. The van der Waals surface area contributed by atoms with Crippen molar-refractivity contribution in [1.29, 1.82) is 5.26 Å². The average molecular weight is 320 g/mol. The summed E-state index contributed by atoms with van der Waals surface area (Å²) in [6.45, 7) is 9.19. The van der Waals surface area contributed by atoms with E-state index in [0.717, 1.165) is 37.3 Å². The average Bonchev–Trinajstić information content (AvgIpc) is 3.03. The van der Waals surface area contributed by atoms with Crippen LogP contribution in [0.2, 0.25) is 0 Å².